The lowest BCUT2D eigenvalue weighted by atomic mass is 10.2. The number of hydrogen-bond acceptors (Lipinski definition) is 5. The second-order valence-corrected chi connectivity index (χ2v) is 3.17. The minimum Gasteiger partial charge on any atom is -0.481 e. The molecular weight excluding hydrogens is 204 g/mol. The van der Waals surface area contributed by atoms with Crippen molar-refractivity contribution in [2.45, 2.75) is 6.54 Å². The van der Waals surface area contributed by atoms with E-state index in [1.807, 2.05) is 24.3 Å². The fraction of sp³-hybridized carbons (Fsp3) is 0.182. The highest BCUT2D eigenvalue weighted by Crippen LogP contribution is 2.10. The zero-order valence-electron chi connectivity index (χ0n) is 8.92. The van der Waals surface area contributed by atoms with Crippen LogP contribution in [-0.4, -0.2) is 22.3 Å². The highest BCUT2D eigenvalue weighted by Gasteiger charge is 1.97. The molecule has 1 N–H and O–H groups in total. The molecular formula is C11H12N4O. The van der Waals surface area contributed by atoms with Gasteiger partial charge in [0.2, 0.25) is 5.88 Å². The fourth-order valence-electron chi connectivity index (χ4n) is 1.26. The Kier molecular flexibility index (Phi) is 3.28. The SMILES string of the molecule is COc1cc(CNc2cccnn2)ccn1. The van der Waals surface area contributed by atoms with E-state index in [9.17, 15) is 0 Å². The Morgan fingerprint density at radius 3 is 3.00 bits per heavy atom. The van der Waals surface area contributed by atoms with Crippen molar-refractivity contribution >= 4 is 5.82 Å². The molecule has 0 unspecified atom stereocenters. The first-order valence-electron chi connectivity index (χ1n) is 4.89. The molecule has 5 heteroatoms. The number of pyridine rings is 1. The molecule has 0 fully saturated rings. The minimum atomic E-state index is 0.610. The Labute approximate surface area is 93.5 Å². The van der Waals surface area contributed by atoms with Crippen LogP contribution in [0.1, 0.15) is 5.56 Å². The summed E-state index contributed by atoms with van der Waals surface area (Å²) in [5, 5.41) is 10.9. The molecule has 0 radical (unpaired) electrons. The first-order chi connectivity index (χ1) is 7.88. The van der Waals surface area contributed by atoms with Gasteiger partial charge in [-0.05, 0) is 23.8 Å². The van der Waals surface area contributed by atoms with Gasteiger partial charge in [0, 0.05) is 25.0 Å². The molecule has 2 aromatic heterocycles. The van der Waals surface area contributed by atoms with Gasteiger partial charge >= 0.3 is 0 Å². The summed E-state index contributed by atoms with van der Waals surface area (Å²) in [4.78, 5) is 4.03. The van der Waals surface area contributed by atoms with Crippen LogP contribution in [0.2, 0.25) is 0 Å². The summed E-state index contributed by atoms with van der Waals surface area (Å²) < 4.78 is 5.04. The largest absolute Gasteiger partial charge is 0.481 e. The summed E-state index contributed by atoms with van der Waals surface area (Å²) in [5.41, 5.74) is 1.08. The highest BCUT2D eigenvalue weighted by atomic mass is 16.5. The van der Waals surface area contributed by atoms with E-state index in [4.69, 9.17) is 4.74 Å². The predicted octanol–water partition coefficient (Wildman–Crippen LogP) is 1.49. The molecule has 0 bridgehead atoms. The summed E-state index contributed by atoms with van der Waals surface area (Å²) in [7, 11) is 1.60. The molecule has 0 spiro atoms. The lowest BCUT2D eigenvalue weighted by Crippen LogP contribution is -2.02. The van der Waals surface area contributed by atoms with Crippen LogP contribution in [0.15, 0.2) is 36.7 Å². The summed E-state index contributed by atoms with van der Waals surface area (Å²) in [6.07, 6.45) is 3.35. The Hall–Kier alpha value is -2.17. The molecule has 0 aromatic carbocycles. The maximum Gasteiger partial charge on any atom is 0.213 e. The van der Waals surface area contributed by atoms with Crippen LogP contribution in [0, 0.1) is 0 Å². The van der Waals surface area contributed by atoms with Crippen molar-refractivity contribution in [2.24, 2.45) is 0 Å². The van der Waals surface area contributed by atoms with E-state index in [1.54, 1.807) is 19.5 Å². The summed E-state index contributed by atoms with van der Waals surface area (Å²) in [6, 6.07) is 7.50. The van der Waals surface area contributed by atoms with Crippen molar-refractivity contribution < 1.29 is 4.74 Å². The van der Waals surface area contributed by atoms with E-state index in [-0.39, 0.29) is 0 Å². The van der Waals surface area contributed by atoms with Crippen molar-refractivity contribution in [1.29, 1.82) is 0 Å². The number of methoxy groups -OCH3 is 1. The van der Waals surface area contributed by atoms with Crippen LogP contribution >= 0.6 is 0 Å². The Morgan fingerprint density at radius 1 is 1.31 bits per heavy atom. The van der Waals surface area contributed by atoms with Gasteiger partial charge < -0.3 is 10.1 Å². The van der Waals surface area contributed by atoms with Crippen molar-refractivity contribution in [3.05, 3.63) is 42.2 Å². The number of rotatable bonds is 4. The van der Waals surface area contributed by atoms with Gasteiger partial charge in [-0.15, -0.1) is 5.10 Å². The standard InChI is InChI=1S/C11H12N4O/c1-16-11-7-9(4-6-12-11)8-13-10-3-2-5-14-15-10/h2-7H,8H2,1H3,(H,13,15). The summed E-state index contributed by atoms with van der Waals surface area (Å²) in [5.74, 6) is 1.36. The fourth-order valence-corrected chi connectivity index (χ4v) is 1.26. The summed E-state index contributed by atoms with van der Waals surface area (Å²) >= 11 is 0. The van der Waals surface area contributed by atoms with Crippen LogP contribution in [0.4, 0.5) is 5.82 Å². The molecule has 82 valence electrons. The number of ether oxygens (including phenoxy) is 1. The topological polar surface area (TPSA) is 59.9 Å². The third-order valence-electron chi connectivity index (χ3n) is 2.05. The van der Waals surface area contributed by atoms with Gasteiger partial charge in [-0.3, -0.25) is 0 Å². The number of aromatic nitrogens is 3. The third-order valence-corrected chi connectivity index (χ3v) is 2.05. The molecule has 0 aliphatic rings. The highest BCUT2D eigenvalue weighted by molar-refractivity contribution is 5.33. The van der Waals surface area contributed by atoms with E-state index in [0.29, 0.717) is 12.4 Å². The predicted molar refractivity (Wildman–Crippen MR) is 60.1 cm³/mol. The summed E-state index contributed by atoms with van der Waals surface area (Å²) in [6.45, 7) is 0.664. The number of nitrogens with one attached hydrogen (secondary N) is 1. The molecule has 0 amide bonds. The second kappa shape index (κ2) is 5.06. The van der Waals surface area contributed by atoms with Gasteiger partial charge in [0.15, 0.2) is 0 Å². The van der Waals surface area contributed by atoms with Gasteiger partial charge in [-0.1, -0.05) is 0 Å². The number of nitrogens with zero attached hydrogens (tertiary/aromatic N) is 3. The van der Waals surface area contributed by atoms with E-state index >= 15 is 0 Å². The van der Waals surface area contributed by atoms with Crippen LogP contribution < -0.4 is 10.1 Å². The van der Waals surface area contributed by atoms with Crippen molar-refractivity contribution in [2.75, 3.05) is 12.4 Å². The smallest absolute Gasteiger partial charge is 0.213 e. The first-order valence-corrected chi connectivity index (χ1v) is 4.89. The average Bonchev–Trinajstić information content (AvgIpc) is 2.38. The van der Waals surface area contributed by atoms with E-state index in [0.717, 1.165) is 11.4 Å². The first kappa shape index (κ1) is 10.4. The normalized spacial score (nSPS) is 9.81. The van der Waals surface area contributed by atoms with Gasteiger partial charge in [0.1, 0.15) is 5.82 Å². The van der Waals surface area contributed by atoms with E-state index < -0.39 is 0 Å². The molecule has 0 atom stereocenters. The van der Waals surface area contributed by atoms with Gasteiger partial charge in [0.25, 0.3) is 0 Å². The molecule has 2 aromatic rings. The molecule has 2 rings (SSSR count). The molecule has 16 heavy (non-hydrogen) atoms. The van der Waals surface area contributed by atoms with E-state index in [2.05, 4.69) is 20.5 Å². The zero-order chi connectivity index (χ0) is 11.2. The zero-order valence-corrected chi connectivity index (χ0v) is 8.92. The monoisotopic (exact) mass is 216 g/mol. The van der Waals surface area contributed by atoms with Crippen molar-refractivity contribution in [3.63, 3.8) is 0 Å². The van der Waals surface area contributed by atoms with E-state index in [1.165, 1.54) is 0 Å². The van der Waals surface area contributed by atoms with Crippen LogP contribution in [0.5, 0.6) is 5.88 Å². The molecule has 0 saturated carbocycles. The minimum absolute atomic E-state index is 0.610. The average molecular weight is 216 g/mol. The molecule has 0 aliphatic carbocycles. The second-order valence-electron chi connectivity index (χ2n) is 3.17. The van der Waals surface area contributed by atoms with Crippen molar-refractivity contribution in [3.8, 4) is 5.88 Å². The molecule has 0 aliphatic heterocycles. The van der Waals surface area contributed by atoms with Crippen LogP contribution in [0.25, 0.3) is 0 Å². The Bertz CT molecular complexity index is 447. The third kappa shape index (κ3) is 2.66. The van der Waals surface area contributed by atoms with Crippen LogP contribution in [0.3, 0.4) is 0 Å². The maximum absolute atomic E-state index is 5.04. The lowest BCUT2D eigenvalue weighted by Gasteiger charge is -2.05. The van der Waals surface area contributed by atoms with Crippen molar-refractivity contribution in [1.82, 2.24) is 15.2 Å². The molecule has 2 heterocycles. The maximum atomic E-state index is 5.04. The van der Waals surface area contributed by atoms with Gasteiger partial charge in [-0.25, -0.2) is 4.98 Å². The Morgan fingerprint density at radius 2 is 2.25 bits per heavy atom. The lowest BCUT2D eigenvalue weighted by molar-refractivity contribution is 0.397. The molecule has 5 nitrogen and oxygen atoms in total. The van der Waals surface area contributed by atoms with Gasteiger partial charge in [-0.2, -0.15) is 5.10 Å². The Balaban J connectivity index is 1.99. The molecule has 0 saturated heterocycles. The van der Waals surface area contributed by atoms with Crippen LogP contribution in [-0.2, 0) is 6.54 Å². The quantitative estimate of drug-likeness (QED) is 0.839. The number of hydrogen-bond donors (Lipinski definition) is 1. The van der Waals surface area contributed by atoms with Gasteiger partial charge in [0.05, 0.1) is 7.11 Å². The number of anilines is 1.